The molecule has 0 aromatic heterocycles. The highest BCUT2D eigenvalue weighted by Crippen LogP contribution is 2.73. The third-order valence-electron chi connectivity index (χ3n) is 10.7. The van der Waals surface area contributed by atoms with Crippen LogP contribution in [0.2, 0.25) is 0 Å². The summed E-state index contributed by atoms with van der Waals surface area (Å²) in [5, 5.41) is 25.5. The molecule has 1 heterocycles. The van der Waals surface area contributed by atoms with Gasteiger partial charge in [0.1, 0.15) is 11.7 Å². The van der Waals surface area contributed by atoms with Gasteiger partial charge in [-0.1, -0.05) is 45.1 Å². The molecule has 5 aliphatic rings. The van der Waals surface area contributed by atoms with Crippen LogP contribution >= 0.6 is 0 Å². The second kappa shape index (κ2) is 7.94. The van der Waals surface area contributed by atoms with Gasteiger partial charge in [0.15, 0.2) is 11.9 Å². The molecule has 7 nitrogen and oxygen atoms in total. The Hall–Kier alpha value is -2.19. The summed E-state index contributed by atoms with van der Waals surface area (Å²) in [6, 6.07) is 5.28. The molecule has 9 unspecified atom stereocenters. The van der Waals surface area contributed by atoms with E-state index in [1.165, 1.54) is 0 Å². The first-order valence-corrected chi connectivity index (χ1v) is 13.8. The quantitative estimate of drug-likeness (QED) is 0.303. The molecule has 206 valence electrons. The van der Waals surface area contributed by atoms with Crippen LogP contribution in [0.5, 0.6) is 0 Å². The molecule has 1 spiro atoms. The molecule has 2 bridgehead atoms. The number of nitrogens with two attached hydrogens (primary N) is 1. The lowest BCUT2D eigenvalue weighted by molar-refractivity contribution is -0.312. The van der Waals surface area contributed by atoms with E-state index >= 15 is 0 Å². The summed E-state index contributed by atoms with van der Waals surface area (Å²) in [4.78, 5) is 13.6. The fourth-order valence-corrected chi connectivity index (χ4v) is 8.74. The van der Waals surface area contributed by atoms with Crippen molar-refractivity contribution in [1.82, 2.24) is 0 Å². The van der Waals surface area contributed by atoms with Gasteiger partial charge in [0.25, 0.3) is 0 Å². The molecule has 0 radical (unpaired) electrons. The van der Waals surface area contributed by atoms with Gasteiger partial charge >= 0.3 is 5.97 Å². The lowest BCUT2D eigenvalue weighted by Gasteiger charge is -2.55. The van der Waals surface area contributed by atoms with Gasteiger partial charge in [0, 0.05) is 11.6 Å². The van der Waals surface area contributed by atoms with Crippen molar-refractivity contribution in [2.75, 3.05) is 12.3 Å². The molecule has 4 aliphatic carbocycles. The van der Waals surface area contributed by atoms with Gasteiger partial charge in [0.2, 0.25) is 0 Å². The van der Waals surface area contributed by atoms with Crippen LogP contribution in [0.1, 0.15) is 63.9 Å². The van der Waals surface area contributed by atoms with E-state index < -0.39 is 41.1 Å². The van der Waals surface area contributed by atoms with Crippen LogP contribution in [-0.4, -0.2) is 52.5 Å². The van der Waals surface area contributed by atoms with Crippen LogP contribution in [-0.2, 0) is 14.2 Å². The number of benzene rings is 1. The molecule has 4 N–H and O–H groups in total. The normalized spacial score (nSPS) is 43.9. The molecule has 0 amide bonds. The number of rotatable bonds is 2. The third kappa shape index (κ3) is 3.19. The number of nitrogen functional groups attached to an aromatic ring is 1. The molecule has 1 saturated heterocycles. The number of carbonyl (C=O) groups excluding carboxylic acids is 1. The van der Waals surface area contributed by atoms with E-state index in [1.54, 1.807) is 12.1 Å². The van der Waals surface area contributed by atoms with Crippen LogP contribution < -0.4 is 5.73 Å². The molecular formula is C31H41NO6. The molecule has 9 atom stereocenters. The summed E-state index contributed by atoms with van der Waals surface area (Å²) in [6.07, 6.45) is 2.22. The van der Waals surface area contributed by atoms with Gasteiger partial charge in [-0.2, -0.15) is 0 Å². The molecule has 7 heteroatoms. The van der Waals surface area contributed by atoms with E-state index in [-0.39, 0.29) is 35.3 Å². The van der Waals surface area contributed by atoms with Crippen LogP contribution in [0.15, 0.2) is 41.5 Å². The van der Waals surface area contributed by atoms with Gasteiger partial charge in [-0.25, -0.2) is 4.79 Å². The van der Waals surface area contributed by atoms with Crippen molar-refractivity contribution < 1.29 is 29.2 Å². The van der Waals surface area contributed by atoms with Gasteiger partial charge in [-0.3, -0.25) is 0 Å². The number of ether oxygens (including phenoxy) is 3. The molecule has 1 aromatic rings. The summed E-state index contributed by atoms with van der Waals surface area (Å²) in [6.45, 7) is 14.3. The maximum Gasteiger partial charge on any atom is 0.341 e. The number of carbonyl (C=O) groups is 1. The van der Waals surface area contributed by atoms with Crippen molar-refractivity contribution in [3.8, 4) is 0 Å². The monoisotopic (exact) mass is 523 g/mol. The minimum Gasteiger partial charge on any atom is -0.451 e. The minimum absolute atomic E-state index is 0.0914. The third-order valence-corrected chi connectivity index (χ3v) is 10.7. The summed E-state index contributed by atoms with van der Waals surface area (Å²) in [5.41, 5.74) is 6.28. The number of aryl methyl sites for hydroxylation is 1. The predicted octanol–water partition coefficient (Wildman–Crippen LogP) is 4.16. The van der Waals surface area contributed by atoms with Crippen LogP contribution in [0.3, 0.4) is 0 Å². The Labute approximate surface area is 225 Å². The Kier molecular flexibility index (Phi) is 5.44. The van der Waals surface area contributed by atoms with E-state index in [0.29, 0.717) is 22.7 Å². The summed E-state index contributed by atoms with van der Waals surface area (Å²) in [5.74, 6) is -1.11. The van der Waals surface area contributed by atoms with Crippen LogP contribution in [0.25, 0.3) is 0 Å². The number of aliphatic hydroxyl groups excluding tert-OH is 1. The number of hydrogen-bond acceptors (Lipinski definition) is 7. The number of aliphatic hydroxyl groups is 2. The molecule has 2 saturated carbocycles. The highest BCUT2D eigenvalue weighted by atomic mass is 16.7. The number of esters is 1. The standard InChI is InChI=1S/C31H41NO6/c1-15-9-8-10-21(32)22(15)27(34)37-25-16(2)13-30-17(3)11-20-23(28(20,4)5)19(24(30)33)12-18-14-36-29(6,7)38-26(18)31(25,30)35/h8-10,12-13,17,19-20,23-26,33,35H,11,14,32H2,1-7H3. The van der Waals surface area contributed by atoms with Crippen molar-refractivity contribution in [3.05, 3.63) is 52.6 Å². The first-order chi connectivity index (χ1) is 17.7. The smallest absolute Gasteiger partial charge is 0.341 e. The second-order valence-electron chi connectivity index (χ2n) is 13.5. The maximum atomic E-state index is 13.6. The predicted molar refractivity (Wildman–Crippen MR) is 143 cm³/mol. The first-order valence-electron chi connectivity index (χ1n) is 13.8. The average Bonchev–Trinajstić information content (AvgIpc) is 3.31. The SMILES string of the molecule is CC1=CC23C(C)CC4C(C(C=C5COC(C)(C)OC5C2(O)C1OC(=O)c1c(C)cccc1N)C3O)C4(C)C. The average molecular weight is 524 g/mol. The molecule has 1 aliphatic heterocycles. The van der Waals surface area contributed by atoms with E-state index in [0.717, 1.165) is 12.0 Å². The van der Waals surface area contributed by atoms with Crippen molar-refractivity contribution in [1.29, 1.82) is 0 Å². The number of fused-ring (bicyclic) bond motifs is 5. The second-order valence-corrected chi connectivity index (χ2v) is 13.5. The van der Waals surface area contributed by atoms with Crippen molar-refractivity contribution in [3.63, 3.8) is 0 Å². The lowest BCUT2D eigenvalue weighted by Crippen LogP contribution is -2.69. The summed E-state index contributed by atoms with van der Waals surface area (Å²) >= 11 is 0. The van der Waals surface area contributed by atoms with Crippen LogP contribution in [0, 0.1) is 41.4 Å². The molecular weight excluding hydrogens is 482 g/mol. The number of anilines is 1. The largest absolute Gasteiger partial charge is 0.451 e. The fourth-order valence-electron chi connectivity index (χ4n) is 8.74. The van der Waals surface area contributed by atoms with E-state index in [9.17, 15) is 15.0 Å². The minimum atomic E-state index is -1.74. The zero-order valence-electron chi connectivity index (χ0n) is 23.4. The Balaban J connectivity index is 1.52. The molecule has 1 aromatic carbocycles. The highest BCUT2D eigenvalue weighted by Gasteiger charge is 2.77. The lowest BCUT2D eigenvalue weighted by atomic mass is 9.58. The Morgan fingerprint density at radius 1 is 1.18 bits per heavy atom. The summed E-state index contributed by atoms with van der Waals surface area (Å²) in [7, 11) is 0. The van der Waals surface area contributed by atoms with Crippen molar-refractivity contribution in [2.45, 2.75) is 84.6 Å². The zero-order chi connectivity index (χ0) is 27.6. The van der Waals surface area contributed by atoms with Crippen molar-refractivity contribution >= 4 is 11.7 Å². The van der Waals surface area contributed by atoms with Gasteiger partial charge in [-0.15, -0.1) is 0 Å². The molecule has 3 fully saturated rings. The van der Waals surface area contributed by atoms with E-state index in [2.05, 4.69) is 26.8 Å². The molecule has 6 rings (SSSR count). The Bertz CT molecular complexity index is 1240. The highest BCUT2D eigenvalue weighted by molar-refractivity contribution is 5.97. The zero-order valence-corrected chi connectivity index (χ0v) is 23.4. The fraction of sp³-hybridized carbons (Fsp3) is 0.645. The topological polar surface area (TPSA) is 111 Å². The van der Waals surface area contributed by atoms with Gasteiger partial charge < -0.3 is 30.2 Å². The van der Waals surface area contributed by atoms with Crippen molar-refractivity contribution in [2.24, 2.45) is 34.5 Å². The summed E-state index contributed by atoms with van der Waals surface area (Å²) < 4.78 is 18.8. The van der Waals surface area contributed by atoms with Crippen LogP contribution in [0.4, 0.5) is 5.69 Å². The van der Waals surface area contributed by atoms with Gasteiger partial charge in [0.05, 0.1) is 23.7 Å². The molecule has 38 heavy (non-hydrogen) atoms. The Morgan fingerprint density at radius 3 is 2.58 bits per heavy atom. The van der Waals surface area contributed by atoms with Gasteiger partial charge in [-0.05, 0) is 80.1 Å². The van der Waals surface area contributed by atoms with E-state index in [4.69, 9.17) is 19.9 Å². The van der Waals surface area contributed by atoms with E-state index in [1.807, 2.05) is 39.8 Å². The number of hydrogen-bond donors (Lipinski definition) is 3. The first kappa shape index (κ1) is 26.1. The Morgan fingerprint density at radius 2 is 1.89 bits per heavy atom. The maximum absolute atomic E-state index is 13.6.